The van der Waals surface area contributed by atoms with Gasteiger partial charge >= 0.3 is 0 Å². The van der Waals surface area contributed by atoms with Gasteiger partial charge in [0, 0.05) is 16.7 Å². The molecule has 3 aromatic rings. The van der Waals surface area contributed by atoms with E-state index >= 15 is 0 Å². The average Bonchev–Trinajstić information content (AvgIpc) is 2.83. The molecule has 2 N–H and O–H groups in total. The molecule has 1 aliphatic carbocycles. The average molecular weight is 480 g/mol. The van der Waals surface area contributed by atoms with Crippen molar-refractivity contribution in [1.82, 2.24) is 0 Å². The van der Waals surface area contributed by atoms with E-state index in [4.69, 9.17) is 9.84 Å². The standard InChI is InChI=1S/C25H18F6O3/c26-20-14(5-6-15(21(20)27)16-7-8-17(32)23(29)22(16)28)13-3-1-12(2-4-13)11-34-19-10-9-18(33)24(30)25(19)31/h3,5-10,12,32-33H,1-2,4,11H2. The van der Waals surface area contributed by atoms with Crippen LogP contribution in [0.25, 0.3) is 16.7 Å². The van der Waals surface area contributed by atoms with Gasteiger partial charge in [0.15, 0.2) is 34.7 Å². The molecule has 4 rings (SSSR count). The van der Waals surface area contributed by atoms with Crippen LogP contribution >= 0.6 is 0 Å². The molecule has 178 valence electrons. The molecular weight excluding hydrogens is 462 g/mol. The minimum Gasteiger partial charge on any atom is -0.505 e. The zero-order chi connectivity index (χ0) is 24.6. The maximum atomic E-state index is 14.8. The zero-order valence-electron chi connectivity index (χ0n) is 17.5. The fourth-order valence-corrected chi connectivity index (χ4v) is 3.88. The summed E-state index contributed by atoms with van der Waals surface area (Å²) in [5, 5.41) is 18.4. The summed E-state index contributed by atoms with van der Waals surface area (Å²) in [6, 6.07) is 6.31. The quantitative estimate of drug-likeness (QED) is 0.392. The van der Waals surface area contributed by atoms with Crippen LogP contribution in [0.1, 0.15) is 24.8 Å². The Balaban J connectivity index is 1.49. The van der Waals surface area contributed by atoms with Gasteiger partial charge in [-0.15, -0.1) is 0 Å². The number of halogens is 6. The van der Waals surface area contributed by atoms with Gasteiger partial charge in [-0.3, -0.25) is 0 Å². The second-order valence-corrected chi connectivity index (χ2v) is 7.94. The fourth-order valence-electron chi connectivity index (χ4n) is 3.88. The monoisotopic (exact) mass is 480 g/mol. The molecule has 0 aliphatic heterocycles. The first-order chi connectivity index (χ1) is 16.2. The Labute approximate surface area is 190 Å². The lowest BCUT2D eigenvalue weighted by atomic mass is 9.86. The molecule has 3 aromatic carbocycles. The Bertz CT molecular complexity index is 1290. The van der Waals surface area contributed by atoms with Gasteiger partial charge in [0.05, 0.1) is 6.61 Å². The van der Waals surface area contributed by atoms with Crippen LogP contribution in [-0.2, 0) is 0 Å². The maximum absolute atomic E-state index is 14.8. The fraction of sp³-hybridized carbons (Fsp3) is 0.200. The summed E-state index contributed by atoms with van der Waals surface area (Å²) >= 11 is 0. The van der Waals surface area contributed by atoms with E-state index in [1.165, 1.54) is 6.07 Å². The Kier molecular flexibility index (Phi) is 6.45. The van der Waals surface area contributed by atoms with E-state index in [1.807, 2.05) is 0 Å². The molecule has 9 heteroatoms. The summed E-state index contributed by atoms with van der Waals surface area (Å²) in [6.07, 6.45) is 2.93. The number of rotatable bonds is 5. The summed E-state index contributed by atoms with van der Waals surface area (Å²) < 4.78 is 89.9. The number of benzene rings is 3. The van der Waals surface area contributed by atoms with E-state index in [9.17, 15) is 31.4 Å². The topological polar surface area (TPSA) is 49.7 Å². The van der Waals surface area contributed by atoms with Crippen LogP contribution in [0.3, 0.4) is 0 Å². The molecule has 0 aromatic heterocycles. The van der Waals surface area contributed by atoms with E-state index in [1.54, 1.807) is 6.08 Å². The summed E-state index contributed by atoms with van der Waals surface area (Å²) in [4.78, 5) is 0. The second kappa shape index (κ2) is 9.32. The zero-order valence-corrected chi connectivity index (χ0v) is 17.5. The second-order valence-electron chi connectivity index (χ2n) is 7.94. The van der Waals surface area contributed by atoms with Crippen LogP contribution in [0.15, 0.2) is 42.5 Å². The smallest absolute Gasteiger partial charge is 0.204 e. The van der Waals surface area contributed by atoms with Crippen molar-refractivity contribution >= 4 is 5.57 Å². The minimum atomic E-state index is -1.56. The highest BCUT2D eigenvalue weighted by Gasteiger charge is 2.24. The van der Waals surface area contributed by atoms with Crippen molar-refractivity contribution in [3.63, 3.8) is 0 Å². The molecule has 0 amide bonds. The van der Waals surface area contributed by atoms with Crippen LogP contribution in [0.2, 0.25) is 0 Å². The third-order valence-electron chi connectivity index (χ3n) is 5.80. The lowest BCUT2D eigenvalue weighted by molar-refractivity contribution is 0.227. The Morgan fingerprint density at radius 2 is 1.21 bits per heavy atom. The van der Waals surface area contributed by atoms with Crippen molar-refractivity contribution in [1.29, 1.82) is 0 Å². The van der Waals surface area contributed by atoms with E-state index < -0.39 is 57.5 Å². The van der Waals surface area contributed by atoms with Crippen molar-refractivity contribution in [2.45, 2.75) is 19.3 Å². The lowest BCUT2D eigenvalue weighted by Gasteiger charge is -2.23. The van der Waals surface area contributed by atoms with E-state index in [2.05, 4.69) is 0 Å². The molecule has 1 aliphatic rings. The maximum Gasteiger partial charge on any atom is 0.204 e. The summed E-state index contributed by atoms with van der Waals surface area (Å²) in [7, 11) is 0. The van der Waals surface area contributed by atoms with Gasteiger partial charge in [-0.1, -0.05) is 18.2 Å². The van der Waals surface area contributed by atoms with Crippen LogP contribution < -0.4 is 4.74 Å². The molecule has 1 atom stereocenters. The number of aromatic hydroxyl groups is 2. The molecule has 3 nitrogen and oxygen atoms in total. The Morgan fingerprint density at radius 3 is 1.85 bits per heavy atom. The molecule has 0 saturated carbocycles. The van der Waals surface area contributed by atoms with Crippen molar-refractivity contribution in [3.05, 3.63) is 82.9 Å². The number of phenols is 2. The van der Waals surface area contributed by atoms with Crippen LogP contribution in [0, 0.1) is 40.8 Å². The SMILES string of the molecule is Oc1ccc(OCC2CC=C(c3ccc(-c4ccc(O)c(F)c4F)c(F)c3F)CC2)c(F)c1F. The number of hydrogen-bond acceptors (Lipinski definition) is 3. The third-order valence-corrected chi connectivity index (χ3v) is 5.80. The van der Waals surface area contributed by atoms with Gasteiger partial charge in [0.2, 0.25) is 17.5 Å². The van der Waals surface area contributed by atoms with Gasteiger partial charge in [-0.2, -0.15) is 13.2 Å². The molecule has 0 fully saturated rings. The van der Waals surface area contributed by atoms with Crippen LogP contribution in [0.4, 0.5) is 26.3 Å². The molecule has 34 heavy (non-hydrogen) atoms. The molecule has 1 unspecified atom stereocenters. The Hall–Kier alpha value is -3.62. The third kappa shape index (κ3) is 4.30. The minimum absolute atomic E-state index is 0.0214. The first kappa shape index (κ1) is 23.5. The van der Waals surface area contributed by atoms with Gasteiger partial charge in [0.25, 0.3) is 0 Å². The largest absolute Gasteiger partial charge is 0.505 e. The first-order valence-electron chi connectivity index (χ1n) is 10.3. The number of phenolic OH excluding ortho intramolecular Hbond substituents is 2. The van der Waals surface area contributed by atoms with Crippen molar-refractivity contribution in [3.8, 4) is 28.4 Å². The molecular formula is C25H18F6O3. The van der Waals surface area contributed by atoms with E-state index in [0.29, 0.717) is 24.8 Å². The summed E-state index contributed by atoms with van der Waals surface area (Å²) in [5.74, 6) is -10.5. The van der Waals surface area contributed by atoms with Crippen LogP contribution in [0.5, 0.6) is 17.2 Å². The van der Waals surface area contributed by atoms with Crippen LogP contribution in [-0.4, -0.2) is 16.8 Å². The normalized spacial score (nSPS) is 15.8. The lowest BCUT2D eigenvalue weighted by Crippen LogP contribution is -2.15. The number of allylic oxidation sites excluding steroid dienone is 2. The van der Waals surface area contributed by atoms with E-state index in [0.717, 1.165) is 30.3 Å². The van der Waals surface area contributed by atoms with E-state index in [-0.39, 0.29) is 23.8 Å². The molecule has 0 spiro atoms. The van der Waals surface area contributed by atoms with Gasteiger partial charge < -0.3 is 14.9 Å². The first-order valence-corrected chi connectivity index (χ1v) is 10.3. The summed E-state index contributed by atoms with van der Waals surface area (Å²) in [6.45, 7) is 0.0480. The number of ether oxygens (including phenoxy) is 1. The highest BCUT2D eigenvalue weighted by Crippen LogP contribution is 2.37. The highest BCUT2D eigenvalue weighted by molar-refractivity contribution is 5.72. The summed E-state index contributed by atoms with van der Waals surface area (Å²) in [5.41, 5.74) is -0.514. The van der Waals surface area contributed by atoms with Gasteiger partial charge in [0.1, 0.15) is 0 Å². The predicted octanol–water partition coefficient (Wildman–Crippen LogP) is 6.86. The molecule has 0 heterocycles. The molecule has 0 radical (unpaired) electrons. The van der Waals surface area contributed by atoms with Gasteiger partial charge in [-0.25, -0.2) is 13.2 Å². The Morgan fingerprint density at radius 1 is 0.676 bits per heavy atom. The van der Waals surface area contributed by atoms with Gasteiger partial charge in [-0.05, 0) is 55.0 Å². The van der Waals surface area contributed by atoms with Crippen molar-refractivity contribution in [2.75, 3.05) is 6.61 Å². The van der Waals surface area contributed by atoms with Crippen molar-refractivity contribution in [2.24, 2.45) is 5.92 Å². The highest BCUT2D eigenvalue weighted by atomic mass is 19.2. The predicted molar refractivity (Wildman–Crippen MR) is 112 cm³/mol. The molecule has 0 bridgehead atoms. The number of hydrogen-bond donors (Lipinski definition) is 2. The van der Waals surface area contributed by atoms with Crippen molar-refractivity contribution < 1.29 is 41.3 Å². The molecule has 0 saturated heterocycles.